The molecule has 0 fully saturated rings. The fourth-order valence-electron chi connectivity index (χ4n) is 3.50. The lowest BCUT2D eigenvalue weighted by atomic mass is 10.00. The molecule has 1 aromatic heterocycles. The van der Waals surface area contributed by atoms with Crippen molar-refractivity contribution in [1.29, 1.82) is 0 Å². The molecule has 0 aliphatic rings. The van der Waals surface area contributed by atoms with Crippen molar-refractivity contribution < 1.29 is 49.4 Å². The third-order valence-corrected chi connectivity index (χ3v) is 5.52. The maximum absolute atomic E-state index is 13.4. The second kappa shape index (κ2) is 10.9. The third kappa shape index (κ3) is 7.11. The lowest BCUT2D eigenvalue weighted by Gasteiger charge is -2.19. The summed E-state index contributed by atoms with van der Waals surface area (Å²) >= 11 is 5.78. The summed E-state index contributed by atoms with van der Waals surface area (Å²) in [4.78, 5) is 25.1. The molecule has 0 saturated heterocycles. The Kier molecular flexibility index (Phi) is 8.40. The quantitative estimate of drug-likeness (QED) is 0.393. The highest BCUT2D eigenvalue weighted by molar-refractivity contribution is 6.30. The molecule has 3 aromatic rings. The molecular weight excluding hydrogens is 575 g/mol. The van der Waals surface area contributed by atoms with Crippen LogP contribution in [0.25, 0.3) is 11.4 Å². The molecule has 212 valence electrons. The van der Waals surface area contributed by atoms with Crippen molar-refractivity contribution in [3.05, 3.63) is 74.7 Å². The summed E-state index contributed by atoms with van der Waals surface area (Å²) in [5.74, 6) is -1.59. The molecular formula is C22H16ClF9N4O3. The summed E-state index contributed by atoms with van der Waals surface area (Å²) in [6, 6.07) is 6.89. The Morgan fingerprint density at radius 1 is 0.974 bits per heavy atom. The van der Waals surface area contributed by atoms with Gasteiger partial charge in [-0.2, -0.15) is 39.5 Å². The molecule has 0 aliphatic carbocycles. The Labute approximate surface area is 217 Å². The second-order valence-electron chi connectivity index (χ2n) is 8.05. The molecule has 0 spiro atoms. The summed E-state index contributed by atoms with van der Waals surface area (Å²) in [6.07, 6.45) is -18.9. The first-order valence-corrected chi connectivity index (χ1v) is 11.0. The highest BCUT2D eigenvalue weighted by Crippen LogP contribution is 2.42. The number of nitrogens with zero attached hydrogens (tertiary/aromatic N) is 3. The zero-order chi connectivity index (χ0) is 29.3. The first kappa shape index (κ1) is 30.0. The summed E-state index contributed by atoms with van der Waals surface area (Å²) in [7, 11) is 0. The van der Waals surface area contributed by atoms with Crippen LogP contribution in [0.1, 0.15) is 16.7 Å². The van der Waals surface area contributed by atoms with Crippen LogP contribution in [0.5, 0.6) is 0 Å². The Morgan fingerprint density at radius 3 is 2.13 bits per heavy atom. The zero-order valence-corrected chi connectivity index (χ0v) is 19.9. The number of rotatable bonds is 7. The van der Waals surface area contributed by atoms with Crippen LogP contribution in [0.4, 0.5) is 39.5 Å². The van der Waals surface area contributed by atoms with Gasteiger partial charge in [0, 0.05) is 17.1 Å². The number of amides is 1. The van der Waals surface area contributed by atoms with Crippen LogP contribution < -0.4 is 11.0 Å². The second-order valence-corrected chi connectivity index (χ2v) is 8.49. The van der Waals surface area contributed by atoms with Gasteiger partial charge in [-0.15, -0.1) is 5.10 Å². The van der Waals surface area contributed by atoms with Crippen LogP contribution in [-0.4, -0.2) is 37.6 Å². The topological polar surface area (TPSA) is 89.2 Å². The van der Waals surface area contributed by atoms with Gasteiger partial charge in [0.1, 0.15) is 6.54 Å². The monoisotopic (exact) mass is 590 g/mol. The number of alkyl halides is 9. The van der Waals surface area contributed by atoms with Gasteiger partial charge in [0.2, 0.25) is 5.91 Å². The van der Waals surface area contributed by atoms with Crippen LogP contribution in [0.15, 0.2) is 47.3 Å². The van der Waals surface area contributed by atoms with E-state index < -0.39 is 78.4 Å². The first-order chi connectivity index (χ1) is 17.9. The SMILES string of the molecule is O=C(Cn1nc(-c2ccc(Cl)cc2)n(CC(O)C(F)(F)F)c1=O)NCc1cccc(C(F)(F)F)c1C(F)(F)F. The molecule has 1 atom stereocenters. The van der Waals surface area contributed by atoms with Crippen LogP contribution in [0.3, 0.4) is 0 Å². The average molecular weight is 591 g/mol. The van der Waals surface area contributed by atoms with Crippen molar-refractivity contribution in [2.45, 2.75) is 44.3 Å². The number of carbonyl (C=O) groups excluding carboxylic acids is 1. The van der Waals surface area contributed by atoms with E-state index in [2.05, 4.69) is 5.10 Å². The molecule has 1 amide bonds. The highest BCUT2D eigenvalue weighted by Gasteiger charge is 2.44. The number of nitrogens with one attached hydrogen (secondary N) is 1. The van der Waals surface area contributed by atoms with Gasteiger partial charge in [-0.3, -0.25) is 9.36 Å². The van der Waals surface area contributed by atoms with Crippen molar-refractivity contribution in [2.75, 3.05) is 0 Å². The van der Waals surface area contributed by atoms with E-state index in [-0.39, 0.29) is 16.7 Å². The van der Waals surface area contributed by atoms with E-state index >= 15 is 0 Å². The number of hydrogen-bond donors (Lipinski definition) is 2. The molecule has 1 heterocycles. The van der Waals surface area contributed by atoms with Gasteiger partial charge in [0.05, 0.1) is 17.7 Å². The number of hydrogen-bond acceptors (Lipinski definition) is 4. The fraction of sp³-hybridized carbons (Fsp3) is 0.318. The fourth-order valence-corrected chi connectivity index (χ4v) is 3.63. The Balaban J connectivity index is 1.90. The van der Waals surface area contributed by atoms with Gasteiger partial charge in [0.25, 0.3) is 0 Å². The van der Waals surface area contributed by atoms with E-state index in [9.17, 15) is 54.2 Å². The summed E-state index contributed by atoms with van der Waals surface area (Å²) < 4.78 is 119. The van der Waals surface area contributed by atoms with Crippen molar-refractivity contribution in [3.8, 4) is 11.4 Å². The molecule has 7 nitrogen and oxygen atoms in total. The minimum atomic E-state index is -5.42. The molecule has 0 saturated carbocycles. The van der Waals surface area contributed by atoms with Crippen LogP contribution in [0.2, 0.25) is 5.02 Å². The highest BCUT2D eigenvalue weighted by atomic mass is 35.5. The number of carbonyl (C=O) groups is 1. The lowest BCUT2D eigenvalue weighted by Crippen LogP contribution is -2.38. The number of aromatic nitrogens is 3. The Bertz CT molecular complexity index is 1390. The van der Waals surface area contributed by atoms with Crippen LogP contribution in [0, 0.1) is 0 Å². The third-order valence-electron chi connectivity index (χ3n) is 5.27. The minimum Gasteiger partial charge on any atom is -0.382 e. The van der Waals surface area contributed by atoms with Gasteiger partial charge in [-0.25, -0.2) is 9.48 Å². The molecule has 39 heavy (non-hydrogen) atoms. The predicted molar refractivity (Wildman–Crippen MR) is 117 cm³/mol. The van der Waals surface area contributed by atoms with E-state index in [1.807, 2.05) is 5.32 Å². The molecule has 0 aliphatic heterocycles. The normalized spacial score (nSPS) is 13.4. The largest absolute Gasteiger partial charge is 0.417 e. The van der Waals surface area contributed by atoms with Gasteiger partial charge in [-0.05, 0) is 35.9 Å². The van der Waals surface area contributed by atoms with Crippen molar-refractivity contribution in [3.63, 3.8) is 0 Å². The van der Waals surface area contributed by atoms with E-state index in [0.29, 0.717) is 9.25 Å². The molecule has 1 unspecified atom stereocenters. The molecule has 0 bridgehead atoms. The summed E-state index contributed by atoms with van der Waals surface area (Å²) in [5.41, 5.74) is -6.10. The van der Waals surface area contributed by atoms with E-state index in [1.165, 1.54) is 24.3 Å². The Morgan fingerprint density at radius 2 is 1.59 bits per heavy atom. The molecule has 2 N–H and O–H groups in total. The maximum atomic E-state index is 13.4. The number of aliphatic hydroxyl groups excluding tert-OH is 1. The van der Waals surface area contributed by atoms with Gasteiger partial charge in [-0.1, -0.05) is 23.7 Å². The minimum absolute atomic E-state index is 0.0730. The van der Waals surface area contributed by atoms with Gasteiger partial charge >= 0.3 is 24.2 Å². The smallest absolute Gasteiger partial charge is 0.382 e. The Hall–Kier alpha value is -3.53. The number of benzene rings is 2. The van der Waals surface area contributed by atoms with Gasteiger partial charge in [0.15, 0.2) is 11.9 Å². The standard InChI is InChI=1S/C22H16ClF9N4O3/c23-13-6-4-11(5-7-13)18-34-36(19(39)35(18)9-15(37)21(27,28)29)10-16(38)33-8-12-2-1-3-14(20(24,25)26)17(12)22(30,31)32/h1-7,15,37H,8-10H2,(H,33,38). The first-order valence-electron chi connectivity index (χ1n) is 10.6. The number of aliphatic hydroxyl groups is 1. The molecule has 17 heteroatoms. The van der Waals surface area contributed by atoms with Crippen molar-refractivity contribution in [1.82, 2.24) is 19.7 Å². The zero-order valence-electron chi connectivity index (χ0n) is 19.1. The molecule has 3 rings (SSSR count). The number of halogens is 10. The average Bonchev–Trinajstić information content (AvgIpc) is 3.11. The lowest BCUT2D eigenvalue weighted by molar-refractivity contribution is -0.207. The van der Waals surface area contributed by atoms with Crippen molar-refractivity contribution >= 4 is 17.5 Å². The van der Waals surface area contributed by atoms with Crippen LogP contribution in [-0.2, 0) is 36.8 Å². The molecule has 0 radical (unpaired) electrons. The molecule has 2 aromatic carbocycles. The summed E-state index contributed by atoms with van der Waals surface area (Å²) in [5, 5.41) is 15.4. The summed E-state index contributed by atoms with van der Waals surface area (Å²) in [6.45, 7) is -3.35. The van der Waals surface area contributed by atoms with E-state index in [1.54, 1.807) is 0 Å². The van der Waals surface area contributed by atoms with E-state index in [0.717, 1.165) is 12.1 Å². The van der Waals surface area contributed by atoms with Crippen molar-refractivity contribution in [2.24, 2.45) is 0 Å². The van der Waals surface area contributed by atoms with E-state index in [4.69, 9.17) is 11.6 Å². The predicted octanol–water partition coefficient (Wildman–Crippen LogP) is 4.64. The maximum Gasteiger partial charge on any atom is 0.417 e. The van der Waals surface area contributed by atoms with Gasteiger partial charge < -0.3 is 10.4 Å². The van der Waals surface area contributed by atoms with Crippen LogP contribution >= 0.6 is 11.6 Å².